The Balaban J connectivity index is 2.21. The van der Waals surface area contributed by atoms with Crippen LogP contribution in [0.3, 0.4) is 0 Å². The summed E-state index contributed by atoms with van der Waals surface area (Å²) in [6, 6.07) is 12.7. The highest BCUT2D eigenvalue weighted by atomic mass is 32.1. The first kappa shape index (κ1) is 20.2. The van der Waals surface area contributed by atoms with Crippen molar-refractivity contribution in [2.75, 3.05) is 0 Å². The van der Waals surface area contributed by atoms with Gasteiger partial charge in [0.2, 0.25) is 0 Å². The number of rotatable bonds is 12. The van der Waals surface area contributed by atoms with Crippen molar-refractivity contribution in [2.45, 2.75) is 83.7 Å². The zero-order valence-corrected chi connectivity index (χ0v) is 16.8. The number of unbranched alkanes of at least 4 members (excludes halogenated alkanes) is 6. The van der Waals surface area contributed by atoms with Crippen LogP contribution in [0.5, 0.6) is 0 Å². The summed E-state index contributed by atoms with van der Waals surface area (Å²) >= 11 is 1.76. The molecule has 0 radical (unpaired) electrons. The third-order valence-corrected chi connectivity index (χ3v) is 6.01. The fourth-order valence-corrected chi connectivity index (χ4v) is 4.38. The van der Waals surface area contributed by atoms with Gasteiger partial charge in [-0.2, -0.15) is 0 Å². The summed E-state index contributed by atoms with van der Waals surface area (Å²) in [5, 5.41) is 13.8. The fraction of sp³-hybridized carbons (Fsp3) is 0.565. The molecule has 0 saturated heterocycles. The molecule has 0 unspecified atom stereocenters. The normalized spacial score (nSPS) is 11.8. The summed E-state index contributed by atoms with van der Waals surface area (Å²) in [5.74, 6) is 0. The molecule has 0 fully saturated rings. The molecule has 0 atom stereocenters. The molecular weight excluding hydrogens is 324 g/mol. The maximum Gasteiger partial charge on any atom is 0.0902 e. The molecule has 1 aromatic carbocycles. The van der Waals surface area contributed by atoms with Crippen LogP contribution in [0.15, 0.2) is 41.8 Å². The molecule has 1 N–H and O–H groups in total. The Morgan fingerprint density at radius 1 is 0.800 bits per heavy atom. The quantitative estimate of drug-likeness (QED) is 0.388. The molecule has 0 aliphatic rings. The van der Waals surface area contributed by atoms with Crippen LogP contribution in [0.1, 0.15) is 83.6 Å². The summed E-state index contributed by atoms with van der Waals surface area (Å²) in [7, 11) is 0. The van der Waals surface area contributed by atoms with Gasteiger partial charge in [-0.15, -0.1) is 11.3 Å². The minimum atomic E-state index is -0.692. The fourth-order valence-electron chi connectivity index (χ4n) is 3.62. The molecule has 1 aromatic heterocycles. The Kier molecular flexibility index (Phi) is 8.71. The van der Waals surface area contributed by atoms with Crippen molar-refractivity contribution in [3.63, 3.8) is 0 Å². The molecule has 0 saturated carbocycles. The van der Waals surface area contributed by atoms with Gasteiger partial charge in [-0.1, -0.05) is 95.5 Å². The highest BCUT2D eigenvalue weighted by molar-refractivity contribution is 7.13. The van der Waals surface area contributed by atoms with Gasteiger partial charge in [-0.25, -0.2) is 0 Å². The topological polar surface area (TPSA) is 20.2 Å². The van der Waals surface area contributed by atoms with E-state index >= 15 is 0 Å². The van der Waals surface area contributed by atoms with Crippen LogP contribution in [-0.2, 0) is 5.60 Å². The zero-order chi connectivity index (χ0) is 18.0. The van der Waals surface area contributed by atoms with E-state index in [0.29, 0.717) is 0 Å². The van der Waals surface area contributed by atoms with Crippen molar-refractivity contribution in [2.24, 2.45) is 0 Å². The minimum Gasteiger partial charge on any atom is -0.385 e. The summed E-state index contributed by atoms with van der Waals surface area (Å²) < 4.78 is 0. The molecule has 0 aliphatic heterocycles. The predicted octanol–water partition coefficient (Wildman–Crippen LogP) is 7.54. The van der Waals surface area contributed by atoms with E-state index in [1.54, 1.807) is 11.3 Å². The molecule has 2 aromatic rings. The number of hydrogen-bond acceptors (Lipinski definition) is 2. The van der Waals surface area contributed by atoms with E-state index < -0.39 is 5.60 Å². The van der Waals surface area contributed by atoms with E-state index in [1.807, 2.05) is 0 Å². The lowest BCUT2D eigenvalue weighted by Crippen LogP contribution is -2.26. The van der Waals surface area contributed by atoms with Crippen LogP contribution >= 0.6 is 11.3 Å². The van der Waals surface area contributed by atoms with E-state index in [9.17, 15) is 5.11 Å². The Hall–Kier alpha value is -1.12. The smallest absolute Gasteiger partial charge is 0.0902 e. The number of benzene rings is 1. The van der Waals surface area contributed by atoms with Crippen LogP contribution in [0.4, 0.5) is 0 Å². The van der Waals surface area contributed by atoms with Gasteiger partial charge in [-0.3, -0.25) is 0 Å². The molecule has 25 heavy (non-hydrogen) atoms. The highest BCUT2D eigenvalue weighted by Crippen LogP contribution is 2.40. The molecule has 2 rings (SSSR count). The number of thiophene rings is 1. The van der Waals surface area contributed by atoms with Crippen molar-refractivity contribution in [3.05, 3.63) is 47.3 Å². The molecule has 0 amide bonds. The number of aliphatic hydroxyl groups is 1. The van der Waals surface area contributed by atoms with Gasteiger partial charge < -0.3 is 5.11 Å². The molecule has 2 heteroatoms. The van der Waals surface area contributed by atoms with Crippen LogP contribution in [-0.4, -0.2) is 5.11 Å². The number of hydrogen-bond donors (Lipinski definition) is 1. The van der Waals surface area contributed by atoms with E-state index in [1.165, 1.54) is 49.0 Å². The van der Waals surface area contributed by atoms with E-state index in [2.05, 4.69) is 55.6 Å². The van der Waals surface area contributed by atoms with Crippen LogP contribution in [0.25, 0.3) is 10.4 Å². The first-order chi connectivity index (χ1) is 12.2. The summed E-state index contributed by atoms with van der Waals surface area (Å²) in [4.78, 5) is 1.26. The zero-order valence-electron chi connectivity index (χ0n) is 16.0. The van der Waals surface area contributed by atoms with Gasteiger partial charge >= 0.3 is 0 Å². The Bertz CT molecular complexity index is 576. The third kappa shape index (κ3) is 5.97. The lowest BCUT2D eigenvalue weighted by Gasteiger charge is -2.31. The van der Waals surface area contributed by atoms with Crippen LogP contribution in [0.2, 0.25) is 0 Å². The largest absolute Gasteiger partial charge is 0.385 e. The van der Waals surface area contributed by atoms with Crippen molar-refractivity contribution in [1.82, 2.24) is 0 Å². The van der Waals surface area contributed by atoms with E-state index in [0.717, 1.165) is 31.2 Å². The second kappa shape index (κ2) is 10.8. The second-order valence-electron chi connectivity index (χ2n) is 7.18. The third-order valence-electron chi connectivity index (χ3n) is 5.10. The Morgan fingerprint density at radius 3 is 2.00 bits per heavy atom. The van der Waals surface area contributed by atoms with Crippen molar-refractivity contribution >= 4 is 11.3 Å². The van der Waals surface area contributed by atoms with Gasteiger partial charge in [0.1, 0.15) is 0 Å². The molecule has 1 heterocycles. The maximum absolute atomic E-state index is 11.7. The van der Waals surface area contributed by atoms with Crippen LogP contribution in [0, 0.1) is 0 Å². The van der Waals surface area contributed by atoms with Crippen molar-refractivity contribution in [3.8, 4) is 10.4 Å². The first-order valence-corrected chi connectivity index (χ1v) is 10.9. The molecule has 1 nitrogen and oxygen atoms in total. The lowest BCUT2D eigenvalue weighted by atomic mass is 9.81. The maximum atomic E-state index is 11.7. The molecule has 138 valence electrons. The van der Waals surface area contributed by atoms with Crippen LogP contribution < -0.4 is 0 Å². The summed E-state index contributed by atoms with van der Waals surface area (Å²) in [5.41, 5.74) is 1.65. The van der Waals surface area contributed by atoms with Crippen molar-refractivity contribution < 1.29 is 5.11 Å². The SMILES string of the molecule is CCCCCCC(O)(CCCCCC)c1ccccc1-c1cccs1. The summed E-state index contributed by atoms with van der Waals surface area (Å²) in [6.07, 6.45) is 11.4. The van der Waals surface area contributed by atoms with Gasteiger partial charge in [0.25, 0.3) is 0 Å². The Labute approximate surface area is 158 Å². The van der Waals surface area contributed by atoms with Gasteiger partial charge in [-0.05, 0) is 35.4 Å². The van der Waals surface area contributed by atoms with Gasteiger partial charge in [0.05, 0.1) is 5.60 Å². The highest BCUT2D eigenvalue weighted by Gasteiger charge is 2.30. The molecule has 0 spiro atoms. The molecule has 0 bridgehead atoms. The Morgan fingerprint density at radius 2 is 1.44 bits per heavy atom. The molecular formula is C23H34OS. The molecule has 0 aliphatic carbocycles. The monoisotopic (exact) mass is 358 g/mol. The first-order valence-electron chi connectivity index (χ1n) is 10.1. The second-order valence-corrected chi connectivity index (χ2v) is 8.12. The van der Waals surface area contributed by atoms with Gasteiger partial charge in [0, 0.05) is 4.88 Å². The van der Waals surface area contributed by atoms with E-state index in [4.69, 9.17) is 0 Å². The van der Waals surface area contributed by atoms with Crippen molar-refractivity contribution in [1.29, 1.82) is 0 Å². The average molecular weight is 359 g/mol. The standard InChI is InChI=1S/C23H34OS/c1-3-5-7-11-17-23(24,18-12-8-6-4-2)21-15-10-9-14-20(21)22-16-13-19-25-22/h9-10,13-16,19,24H,3-8,11-12,17-18H2,1-2H3. The minimum absolute atomic E-state index is 0.692. The average Bonchev–Trinajstić information content (AvgIpc) is 3.17. The lowest BCUT2D eigenvalue weighted by molar-refractivity contribution is 0.0138. The van der Waals surface area contributed by atoms with Gasteiger partial charge in [0.15, 0.2) is 0 Å². The summed E-state index contributed by atoms with van der Waals surface area (Å²) in [6.45, 7) is 4.48. The predicted molar refractivity (Wildman–Crippen MR) is 111 cm³/mol. The van der Waals surface area contributed by atoms with E-state index in [-0.39, 0.29) is 0 Å².